The normalized spacial score (nSPS) is 13.2. The molecule has 0 bridgehead atoms. The molecule has 0 fully saturated rings. The summed E-state index contributed by atoms with van der Waals surface area (Å²) in [7, 11) is 0. The lowest BCUT2D eigenvalue weighted by molar-refractivity contribution is 0.590. The van der Waals surface area contributed by atoms with Gasteiger partial charge in [-0.3, -0.25) is 0 Å². The van der Waals surface area contributed by atoms with Gasteiger partial charge in [-0.25, -0.2) is 0 Å². The van der Waals surface area contributed by atoms with Crippen molar-refractivity contribution in [2.45, 2.75) is 52.4 Å². The number of hydrogen-bond acceptors (Lipinski definition) is 0. The molecule has 6 aromatic carbocycles. The van der Waals surface area contributed by atoms with E-state index in [0.717, 1.165) is 66.1 Å². The Labute approximate surface area is 274 Å². The lowest BCUT2D eigenvalue weighted by Gasteiger charge is -2.20. The molecule has 226 valence electrons. The van der Waals surface area contributed by atoms with E-state index in [9.17, 15) is 0 Å². The van der Waals surface area contributed by atoms with Gasteiger partial charge in [-0.15, -0.1) is 0 Å². The molecular formula is C44H40N2. The molecule has 0 unspecified atom stereocenters. The van der Waals surface area contributed by atoms with E-state index in [2.05, 4.69) is 148 Å². The fraction of sp³-hybridized carbons (Fsp3) is 0.182. The summed E-state index contributed by atoms with van der Waals surface area (Å²) in [6, 6.07) is 44.1. The zero-order valence-electron chi connectivity index (χ0n) is 29.4. The quantitative estimate of drug-likeness (QED) is 0.191. The Morgan fingerprint density at radius 2 is 0.826 bits per heavy atom. The first-order valence-electron chi connectivity index (χ1n) is 17.2. The Morgan fingerprint density at radius 1 is 0.413 bits per heavy atom. The molecule has 46 heavy (non-hydrogen) atoms. The van der Waals surface area contributed by atoms with Crippen LogP contribution in [0.2, 0.25) is 0 Å². The van der Waals surface area contributed by atoms with Crippen molar-refractivity contribution in [3.05, 3.63) is 145 Å². The summed E-state index contributed by atoms with van der Waals surface area (Å²) in [5.74, 6) is 0. The number of hydrogen-bond donors (Lipinski definition) is 0. The average molecular weight is 599 g/mol. The highest BCUT2D eigenvalue weighted by Gasteiger charge is 2.20. The van der Waals surface area contributed by atoms with E-state index >= 15 is 0 Å². The first kappa shape index (κ1) is 26.2. The predicted molar refractivity (Wildman–Crippen MR) is 198 cm³/mol. The molecule has 0 aliphatic heterocycles. The minimum absolute atomic E-state index is 0.0149. The van der Waals surface area contributed by atoms with Gasteiger partial charge in [0.25, 0.3) is 0 Å². The third kappa shape index (κ3) is 4.55. The highest BCUT2D eigenvalue weighted by atomic mass is 15.0. The van der Waals surface area contributed by atoms with Gasteiger partial charge in [-0.2, -0.15) is 0 Å². The molecule has 0 atom stereocenters. The lowest BCUT2D eigenvalue weighted by Crippen LogP contribution is -2.10. The number of benzene rings is 6. The number of nitrogens with zero attached hydrogens (tertiary/aromatic N) is 2. The van der Waals surface area contributed by atoms with Crippen molar-refractivity contribution in [3.63, 3.8) is 0 Å². The summed E-state index contributed by atoms with van der Waals surface area (Å²) < 4.78 is 21.4. The number of fused-ring (bicyclic) bond motifs is 6. The van der Waals surface area contributed by atoms with Crippen LogP contribution in [0.15, 0.2) is 133 Å². The van der Waals surface area contributed by atoms with E-state index in [-0.39, 0.29) is 10.8 Å². The van der Waals surface area contributed by atoms with Gasteiger partial charge in [0.05, 0.1) is 24.8 Å². The maximum absolute atomic E-state index is 8.37. The van der Waals surface area contributed by atoms with Crippen molar-refractivity contribution in [3.8, 4) is 22.5 Å². The molecule has 8 rings (SSSR count). The Kier molecular flexibility index (Phi) is 5.81. The maximum atomic E-state index is 8.37. The van der Waals surface area contributed by atoms with Crippen LogP contribution in [0.5, 0.6) is 0 Å². The van der Waals surface area contributed by atoms with Crippen LogP contribution < -0.4 is 0 Å². The predicted octanol–water partition coefficient (Wildman–Crippen LogP) is 12.1. The van der Waals surface area contributed by atoms with Gasteiger partial charge >= 0.3 is 0 Å². The monoisotopic (exact) mass is 598 g/mol. The largest absolute Gasteiger partial charge is 0.309 e. The van der Waals surface area contributed by atoms with Crippen LogP contribution in [0.3, 0.4) is 0 Å². The van der Waals surface area contributed by atoms with E-state index < -0.39 is 0 Å². The summed E-state index contributed by atoms with van der Waals surface area (Å²) >= 11 is 0. The highest BCUT2D eigenvalue weighted by molar-refractivity contribution is 6.10. The topological polar surface area (TPSA) is 9.86 Å². The minimum atomic E-state index is 0.0149. The van der Waals surface area contributed by atoms with Crippen LogP contribution >= 0.6 is 0 Å². The first-order valence-corrected chi connectivity index (χ1v) is 16.2. The van der Waals surface area contributed by atoms with Gasteiger partial charge in [0, 0.05) is 32.9 Å². The maximum Gasteiger partial charge on any atom is 0.0623 e. The Bertz CT molecular complexity index is 2370. The second-order valence-corrected chi connectivity index (χ2v) is 14.6. The Balaban J connectivity index is 1.32. The molecule has 8 aromatic rings. The van der Waals surface area contributed by atoms with Crippen molar-refractivity contribution in [2.75, 3.05) is 0 Å². The molecular weight excluding hydrogens is 556 g/mol. The molecule has 2 heteroatoms. The fourth-order valence-corrected chi connectivity index (χ4v) is 6.95. The molecule has 0 saturated carbocycles. The van der Waals surface area contributed by atoms with Crippen LogP contribution in [0, 0.1) is 0 Å². The molecule has 2 nitrogen and oxygen atoms in total. The van der Waals surface area contributed by atoms with Crippen molar-refractivity contribution in [2.24, 2.45) is 0 Å². The number of para-hydroxylation sites is 2. The van der Waals surface area contributed by atoms with Crippen molar-refractivity contribution >= 4 is 43.6 Å². The minimum Gasteiger partial charge on any atom is -0.309 e. The average Bonchev–Trinajstić information content (AvgIpc) is 3.55. The third-order valence-electron chi connectivity index (χ3n) is 9.50. The Hall–Kier alpha value is -5.08. The van der Waals surface area contributed by atoms with Gasteiger partial charge in [0.15, 0.2) is 0 Å². The van der Waals surface area contributed by atoms with Crippen LogP contribution in [0.4, 0.5) is 0 Å². The second kappa shape index (κ2) is 10.2. The molecule has 0 aliphatic rings. The summed E-state index contributed by atoms with van der Waals surface area (Å²) in [5, 5.41) is 4.53. The molecule has 2 heterocycles. The summed E-state index contributed by atoms with van der Waals surface area (Å²) in [4.78, 5) is 0. The van der Waals surface area contributed by atoms with Crippen molar-refractivity contribution in [1.29, 1.82) is 0 Å². The van der Waals surface area contributed by atoms with E-state index in [1.54, 1.807) is 0 Å². The highest BCUT2D eigenvalue weighted by Crippen LogP contribution is 2.38. The molecule has 0 spiro atoms. The van der Waals surface area contributed by atoms with Gasteiger partial charge in [0.2, 0.25) is 0 Å². The van der Waals surface area contributed by atoms with Gasteiger partial charge in [-0.05, 0) is 81.6 Å². The number of rotatable bonds is 3. The van der Waals surface area contributed by atoms with Crippen LogP contribution in [-0.2, 0) is 10.8 Å². The van der Waals surface area contributed by atoms with Gasteiger partial charge in [-0.1, -0.05) is 126 Å². The SMILES string of the molecule is [2H]c1ccc2c(c1)c1ccc(C(C)(C)C)cc1n2-c1cccc(-c2cccc(-n3c4ccc([2H])cc4c4ccc(C(C)(C)C)cc43)c2)c1. The number of aromatic nitrogens is 2. The van der Waals surface area contributed by atoms with Crippen LogP contribution in [-0.4, -0.2) is 9.13 Å². The van der Waals surface area contributed by atoms with Crippen molar-refractivity contribution in [1.82, 2.24) is 9.13 Å². The second-order valence-electron chi connectivity index (χ2n) is 14.6. The van der Waals surface area contributed by atoms with Crippen LogP contribution in [0.1, 0.15) is 55.4 Å². The van der Waals surface area contributed by atoms with E-state index in [1.165, 1.54) is 11.1 Å². The molecule has 2 aromatic heterocycles. The zero-order valence-corrected chi connectivity index (χ0v) is 27.4. The van der Waals surface area contributed by atoms with Gasteiger partial charge < -0.3 is 9.13 Å². The molecule has 0 N–H and O–H groups in total. The Morgan fingerprint density at radius 3 is 1.24 bits per heavy atom. The molecule has 0 amide bonds. The van der Waals surface area contributed by atoms with E-state index in [1.807, 2.05) is 24.3 Å². The lowest BCUT2D eigenvalue weighted by atomic mass is 9.86. The van der Waals surface area contributed by atoms with E-state index in [4.69, 9.17) is 2.74 Å². The molecule has 0 radical (unpaired) electrons. The smallest absolute Gasteiger partial charge is 0.0623 e. The van der Waals surface area contributed by atoms with Crippen LogP contribution in [0.25, 0.3) is 66.1 Å². The summed E-state index contributed by atoms with van der Waals surface area (Å²) in [6.45, 7) is 13.5. The van der Waals surface area contributed by atoms with Gasteiger partial charge in [0.1, 0.15) is 0 Å². The fourth-order valence-electron chi connectivity index (χ4n) is 6.95. The summed E-state index contributed by atoms with van der Waals surface area (Å²) in [6.07, 6.45) is 0. The standard InChI is InChI=1S/C44H40N2/c1-43(2,3)31-21-23-37-35-17-7-9-19-39(35)45(41(37)27-31)33-15-11-13-29(25-33)30-14-12-16-34(26-30)46-40-20-10-8-18-36(40)38-24-22-32(28-42(38)46)44(4,5)6/h7-28H,1-6H3/i7D,8D. The molecule has 0 saturated heterocycles. The zero-order chi connectivity index (χ0) is 33.5. The van der Waals surface area contributed by atoms with E-state index in [0.29, 0.717) is 12.1 Å². The molecule has 0 aliphatic carbocycles. The first-order chi connectivity index (χ1) is 22.9. The summed E-state index contributed by atoms with van der Waals surface area (Å²) in [5.41, 5.74) is 11.6. The third-order valence-corrected chi connectivity index (χ3v) is 9.50. The van der Waals surface area contributed by atoms with Crippen molar-refractivity contribution < 1.29 is 2.74 Å².